The Morgan fingerprint density at radius 2 is 2.19 bits per heavy atom. The summed E-state index contributed by atoms with van der Waals surface area (Å²) in [6, 6.07) is 9.40. The molecule has 1 saturated heterocycles. The maximum Gasteiger partial charge on any atom is 0.255 e. The van der Waals surface area contributed by atoms with Crippen LogP contribution < -0.4 is 0 Å². The van der Waals surface area contributed by atoms with Crippen molar-refractivity contribution >= 4 is 17.5 Å². The molecule has 2 aromatic heterocycles. The molecule has 138 valence electrons. The smallest absolute Gasteiger partial charge is 0.255 e. The second-order valence-electron chi connectivity index (χ2n) is 6.69. The topological polar surface area (TPSA) is 72.1 Å². The van der Waals surface area contributed by atoms with Crippen LogP contribution in [0.1, 0.15) is 46.3 Å². The summed E-state index contributed by atoms with van der Waals surface area (Å²) < 4.78 is 5.99. The van der Waals surface area contributed by atoms with Crippen molar-refractivity contribution in [1.29, 1.82) is 0 Å². The molecule has 0 radical (unpaired) electrons. The molecule has 0 N–H and O–H groups in total. The van der Waals surface area contributed by atoms with Crippen LogP contribution in [0.3, 0.4) is 0 Å². The van der Waals surface area contributed by atoms with Crippen molar-refractivity contribution in [2.45, 2.75) is 25.2 Å². The van der Waals surface area contributed by atoms with Gasteiger partial charge in [-0.15, -0.1) is 0 Å². The van der Waals surface area contributed by atoms with Crippen molar-refractivity contribution in [2.24, 2.45) is 0 Å². The fraction of sp³-hybridized carbons (Fsp3) is 0.300. The van der Waals surface area contributed by atoms with E-state index in [-0.39, 0.29) is 11.8 Å². The quantitative estimate of drug-likeness (QED) is 0.687. The van der Waals surface area contributed by atoms with Gasteiger partial charge in [0.1, 0.15) is 5.76 Å². The molecule has 1 fully saturated rings. The van der Waals surface area contributed by atoms with Crippen molar-refractivity contribution in [3.05, 3.63) is 76.7 Å². The number of aromatic nitrogens is 3. The minimum absolute atomic E-state index is 0.0275. The van der Waals surface area contributed by atoms with Gasteiger partial charge in [0, 0.05) is 24.5 Å². The lowest BCUT2D eigenvalue weighted by atomic mass is 9.97. The Balaban J connectivity index is 1.44. The molecule has 3 aromatic rings. The molecule has 1 aliphatic heterocycles. The van der Waals surface area contributed by atoms with Crippen molar-refractivity contribution in [3.8, 4) is 0 Å². The number of likely N-dealkylation sites (tertiary alicyclic amines) is 1. The SMILES string of the molecule is O=C(c1ccnnc1)N1CCC[C@@H](c2ncc(Cc3cccc(Cl)c3)o2)C1. The lowest BCUT2D eigenvalue weighted by Crippen LogP contribution is -2.39. The van der Waals surface area contributed by atoms with Crippen molar-refractivity contribution in [3.63, 3.8) is 0 Å². The Kier molecular flexibility index (Phi) is 5.16. The van der Waals surface area contributed by atoms with Gasteiger partial charge in [-0.3, -0.25) is 4.79 Å². The third kappa shape index (κ3) is 4.17. The maximum absolute atomic E-state index is 12.6. The Hall–Kier alpha value is -2.73. The monoisotopic (exact) mass is 382 g/mol. The van der Waals surface area contributed by atoms with Crippen molar-refractivity contribution in [2.75, 3.05) is 13.1 Å². The number of halogens is 1. The van der Waals surface area contributed by atoms with E-state index in [1.165, 1.54) is 12.4 Å². The van der Waals surface area contributed by atoms with Gasteiger partial charge in [-0.1, -0.05) is 23.7 Å². The van der Waals surface area contributed by atoms with Crippen LogP contribution in [0.25, 0.3) is 0 Å². The summed E-state index contributed by atoms with van der Waals surface area (Å²) >= 11 is 6.04. The molecule has 6 nitrogen and oxygen atoms in total. The van der Waals surface area contributed by atoms with Crippen LogP contribution in [0.5, 0.6) is 0 Å². The third-order valence-corrected chi connectivity index (χ3v) is 4.96. The second kappa shape index (κ2) is 7.88. The average Bonchev–Trinajstić information content (AvgIpc) is 3.17. The van der Waals surface area contributed by atoms with Gasteiger partial charge < -0.3 is 9.32 Å². The highest BCUT2D eigenvalue weighted by molar-refractivity contribution is 6.30. The maximum atomic E-state index is 12.6. The zero-order valence-corrected chi connectivity index (χ0v) is 15.5. The van der Waals surface area contributed by atoms with Crippen LogP contribution >= 0.6 is 11.6 Å². The van der Waals surface area contributed by atoms with Crippen LogP contribution in [0.4, 0.5) is 0 Å². The van der Waals surface area contributed by atoms with Gasteiger partial charge in [-0.2, -0.15) is 10.2 Å². The number of amides is 1. The first-order chi connectivity index (χ1) is 13.2. The van der Waals surface area contributed by atoms with E-state index in [0.717, 1.165) is 30.7 Å². The van der Waals surface area contributed by atoms with Gasteiger partial charge >= 0.3 is 0 Å². The number of nitrogens with zero attached hydrogens (tertiary/aromatic N) is 4. The number of hydrogen-bond donors (Lipinski definition) is 0. The third-order valence-electron chi connectivity index (χ3n) is 4.73. The van der Waals surface area contributed by atoms with Crippen molar-refractivity contribution < 1.29 is 9.21 Å². The van der Waals surface area contributed by atoms with E-state index in [9.17, 15) is 4.79 Å². The van der Waals surface area contributed by atoms with E-state index in [1.807, 2.05) is 29.2 Å². The first-order valence-corrected chi connectivity index (χ1v) is 9.32. The average molecular weight is 383 g/mol. The molecule has 0 saturated carbocycles. The zero-order valence-electron chi connectivity index (χ0n) is 14.7. The van der Waals surface area contributed by atoms with Crippen LogP contribution in [0.2, 0.25) is 5.02 Å². The van der Waals surface area contributed by atoms with Crippen molar-refractivity contribution in [1.82, 2.24) is 20.1 Å². The first-order valence-electron chi connectivity index (χ1n) is 8.94. The minimum atomic E-state index is -0.0275. The largest absolute Gasteiger partial charge is 0.445 e. The molecule has 0 spiro atoms. The summed E-state index contributed by atoms with van der Waals surface area (Å²) in [4.78, 5) is 19.0. The summed E-state index contributed by atoms with van der Waals surface area (Å²) in [5.41, 5.74) is 1.63. The van der Waals surface area contributed by atoms with Crippen LogP contribution in [0.15, 0.2) is 53.3 Å². The van der Waals surface area contributed by atoms with Crippen LogP contribution in [0, 0.1) is 0 Å². The van der Waals surface area contributed by atoms with Gasteiger partial charge in [-0.25, -0.2) is 4.98 Å². The van der Waals surface area contributed by atoms with Crippen LogP contribution in [-0.2, 0) is 6.42 Å². The Morgan fingerprint density at radius 1 is 1.26 bits per heavy atom. The summed E-state index contributed by atoms with van der Waals surface area (Å²) in [6.45, 7) is 1.33. The fourth-order valence-corrected chi connectivity index (χ4v) is 3.62. The predicted molar refractivity (Wildman–Crippen MR) is 101 cm³/mol. The first kappa shape index (κ1) is 17.7. The fourth-order valence-electron chi connectivity index (χ4n) is 3.40. The highest BCUT2D eigenvalue weighted by atomic mass is 35.5. The Morgan fingerprint density at radius 3 is 3.00 bits per heavy atom. The number of carbonyl (C=O) groups excluding carboxylic acids is 1. The van der Waals surface area contributed by atoms with E-state index in [2.05, 4.69) is 15.2 Å². The molecule has 1 amide bonds. The molecular weight excluding hydrogens is 364 g/mol. The molecular formula is C20H19ClN4O2. The summed E-state index contributed by atoms with van der Waals surface area (Å²) in [5.74, 6) is 1.57. The number of benzene rings is 1. The Labute approximate surface area is 162 Å². The highest BCUT2D eigenvalue weighted by Gasteiger charge is 2.28. The van der Waals surface area contributed by atoms with E-state index in [4.69, 9.17) is 16.0 Å². The molecule has 1 aliphatic rings. The summed E-state index contributed by atoms with van der Waals surface area (Å²) in [6.07, 6.45) is 7.32. The molecule has 27 heavy (non-hydrogen) atoms. The van der Waals surface area contributed by atoms with Gasteiger partial charge in [0.05, 0.1) is 30.1 Å². The number of piperidine rings is 1. The Bertz CT molecular complexity index is 928. The lowest BCUT2D eigenvalue weighted by molar-refractivity contribution is 0.0697. The minimum Gasteiger partial charge on any atom is -0.445 e. The predicted octanol–water partition coefficient (Wildman–Crippen LogP) is 3.73. The number of carbonyl (C=O) groups is 1. The molecule has 3 heterocycles. The van der Waals surface area contributed by atoms with Gasteiger partial charge in [0.25, 0.3) is 5.91 Å². The summed E-state index contributed by atoms with van der Waals surface area (Å²) in [5, 5.41) is 8.22. The molecule has 0 unspecified atom stereocenters. The molecule has 1 atom stereocenters. The molecule has 4 rings (SSSR count). The zero-order chi connectivity index (χ0) is 18.6. The molecule has 1 aromatic carbocycles. The standard InChI is InChI=1S/C20H19ClN4O2/c21-17-5-1-3-14(9-17)10-18-12-22-19(27-18)16-4-2-8-25(13-16)20(26)15-6-7-23-24-11-15/h1,3,5-7,9,11-12,16H,2,4,8,10,13H2/t16-/m1/s1. The van der Waals surface area contributed by atoms with E-state index >= 15 is 0 Å². The number of rotatable bonds is 4. The molecule has 0 bridgehead atoms. The van der Waals surface area contributed by atoms with E-state index in [0.29, 0.717) is 29.4 Å². The number of hydrogen-bond acceptors (Lipinski definition) is 5. The van der Waals surface area contributed by atoms with E-state index < -0.39 is 0 Å². The lowest BCUT2D eigenvalue weighted by Gasteiger charge is -2.31. The second-order valence-corrected chi connectivity index (χ2v) is 7.13. The molecule has 0 aliphatic carbocycles. The van der Waals surface area contributed by atoms with Crippen LogP contribution in [-0.4, -0.2) is 39.1 Å². The number of oxazole rings is 1. The van der Waals surface area contributed by atoms with Gasteiger partial charge in [0.15, 0.2) is 5.89 Å². The van der Waals surface area contributed by atoms with E-state index in [1.54, 1.807) is 12.3 Å². The molecule has 7 heteroatoms. The highest BCUT2D eigenvalue weighted by Crippen LogP contribution is 2.28. The van der Waals surface area contributed by atoms with Gasteiger partial charge in [0.2, 0.25) is 0 Å². The van der Waals surface area contributed by atoms with Gasteiger partial charge in [-0.05, 0) is 36.6 Å². The summed E-state index contributed by atoms with van der Waals surface area (Å²) in [7, 11) is 0. The normalized spacial score (nSPS) is 17.1.